The summed E-state index contributed by atoms with van der Waals surface area (Å²) in [5.74, 6) is 0.211. The molecule has 100 valence electrons. The van der Waals surface area contributed by atoms with Gasteiger partial charge in [0, 0.05) is 0 Å². The molecular weight excluding hydrogens is 256 g/mol. The average molecular weight is 274 g/mol. The third kappa shape index (κ3) is 3.15. The number of anilines is 1. The summed E-state index contributed by atoms with van der Waals surface area (Å²) in [7, 11) is 0. The zero-order valence-corrected chi connectivity index (χ0v) is 11.9. The molecule has 19 heavy (non-hydrogen) atoms. The smallest absolute Gasteiger partial charge is 0.263 e. The minimum Gasteiger partial charge on any atom is -0.397 e. The molecule has 3 nitrogen and oxygen atoms in total. The Morgan fingerprint density at radius 3 is 2.42 bits per heavy atom. The number of nitrogen functional groups attached to an aromatic ring is 1. The molecule has 4 heteroatoms. The van der Waals surface area contributed by atoms with Gasteiger partial charge in [-0.2, -0.15) is 0 Å². The van der Waals surface area contributed by atoms with Crippen LogP contribution in [0.3, 0.4) is 0 Å². The summed E-state index contributed by atoms with van der Waals surface area (Å²) >= 11 is 1.37. The molecule has 0 aliphatic rings. The number of hydrogen-bond donors (Lipinski definition) is 2. The standard InChI is InChI=1S/C15H18N2OS/c1-10(2)13(11-6-4-3-5-7-11)17-15(18)14-12(16)8-9-19-14/h3-10,13H,16H2,1-2H3,(H,17,18). The van der Waals surface area contributed by atoms with Gasteiger partial charge in [0.25, 0.3) is 5.91 Å². The first-order valence-electron chi connectivity index (χ1n) is 6.28. The molecule has 0 aliphatic carbocycles. The maximum absolute atomic E-state index is 12.2. The minimum atomic E-state index is -0.102. The van der Waals surface area contributed by atoms with Crippen LogP contribution in [0.25, 0.3) is 0 Å². The van der Waals surface area contributed by atoms with Crippen LogP contribution >= 0.6 is 11.3 Å². The Kier molecular flexibility index (Phi) is 4.22. The van der Waals surface area contributed by atoms with Crippen LogP contribution in [0.4, 0.5) is 5.69 Å². The molecule has 1 aromatic heterocycles. The molecule has 1 unspecified atom stereocenters. The molecule has 0 fully saturated rings. The van der Waals surface area contributed by atoms with Crippen molar-refractivity contribution in [1.29, 1.82) is 0 Å². The molecule has 2 aromatic rings. The number of amides is 1. The molecule has 2 rings (SSSR count). The summed E-state index contributed by atoms with van der Waals surface area (Å²) in [5, 5.41) is 4.90. The van der Waals surface area contributed by atoms with Gasteiger partial charge in [-0.3, -0.25) is 4.79 Å². The molecular formula is C15H18N2OS. The zero-order valence-electron chi connectivity index (χ0n) is 11.1. The fraction of sp³-hybridized carbons (Fsp3) is 0.267. The number of nitrogens with one attached hydrogen (secondary N) is 1. The molecule has 0 aliphatic heterocycles. The van der Waals surface area contributed by atoms with Crippen molar-refractivity contribution in [3.8, 4) is 0 Å². The second-order valence-electron chi connectivity index (χ2n) is 4.81. The summed E-state index contributed by atoms with van der Waals surface area (Å²) in [4.78, 5) is 12.8. The van der Waals surface area contributed by atoms with Gasteiger partial charge in [-0.1, -0.05) is 44.2 Å². The fourth-order valence-electron chi connectivity index (χ4n) is 2.01. The number of carbonyl (C=O) groups is 1. The Morgan fingerprint density at radius 2 is 1.89 bits per heavy atom. The molecule has 0 saturated heterocycles. The summed E-state index contributed by atoms with van der Waals surface area (Å²) in [6.07, 6.45) is 0. The second kappa shape index (κ2) is 5.89. The third-order valence-corrected chi connectivity index (χ3v) is 3.94. The van der Waals surface area contributed by atoms with Gasteiger partial charge in [-0.15, -0.1) is 11.3 Å². The van der Waals surface area contributed by atoms with Crippen LogP contribution in [0.1, 0.15) is 35.1 Å². The maximum atomic E-state index is 12.2. The van der Waals surface area contributed by atoms with Crippen molar-refractivity contribution in [3.05, 3.63) is 52.2 Å². The molecule has 1 atom stereocenters. The van der Waals surface area contributed by atoms with Gasteiger partial charge in [0.1, 0.15) is 4.88 Å². The minimum absolute atomic E-state index is 0.00444. The highest BCUT2D eigenvalue weighted by Gasteiger charge is 2.20. The van der Waals surface area contributed by atoms with Crippen molar-refractivity contribution in [3.63, 3.8) is 0 Å². The van der Waals surface area contributed by atoms with Gasteiger partial charge in [0.05, 0.1) is 11.7 Å². The SMILES string of the molecule is CC(C)C(NC(=O)c1sccc1N)c1ccccc1. The Morgan fingerprint density at radius 1 is 1.21 bits per heavy atom. The third-order valence-electron chi connectivity index (χ3n) is 3.01. The number of hydrogen-bond acceptors (Lipinski definition) is 3. The predicted octanol–water partition coefficient (Wildman–Crippen LogP) is 3.46. The number of carbonyl (C=O) groups excluding carboxylic acids is 1. The van der Waals surface area contributed by atoms with Gasteiger partial charge in [0.15, 0.2) is 0 Å². The highest BCUT2D eigenvalue weighted by Crippen LogP contribution is 2.24. The quantitative estimate of drug-likeness (QED) is 0.897. The van der Waals surface area contributed by atoms with E-state index in [1.165, 1.54) is 11.3 Å². The van der Waals surface area contributed by atoms with Gasteiger partial charge in [0.2, 0.25) is 0 Å². The average Bonchev–Trinajstić information content (AvgIpc) is 2.82. The molecule has 0 bridgehead atoms. The fourth-order valence-corrected chi connectivity index (χ4v) is 2.73. The molecule has 1 heterocycles. The Hall–Kier alpha value is -1.81. The topological polar surface area (TPSA) is 55.1 Å². The molecule has 0 spiro atoms. The van der Waals surface area contributed by atoms with Crippen molar-refractivity contribution in [2.75, 3.05) is 5.73 Å². The van der Waals surface area contributed by atoms with E-state index < -0.39 is 0 Å². The van der Waals surface area contributed by atoms with E-state index in [9.17, 15) is 4.79 Å². The summed E-state index contributed by atoms with van der Waals surface area (Å²) in [6, 6.07) is 11.8. The monoisotopic (exact) mass is 274 g/mol. The van der Waals surface area contributed by atoms with Crippen molar-refractivity contribution in [2.24, 2.45) is 5.92 Å². The molecule has 3 N–H and O–H groups in total. The van der Waals surface area contributed by atoms with Crippen LogP contribution in [0, 0.1) is 5.92 Å². The molecule has 1 amide bonds. The number of benzene rings is 1. The lowest BCUT2D eigenvalue weighted by atomic mass is 9.96. The lowest BCUT2D eigenvalue weighted by Crippen LogP contribution is -2.31. The largest absolute Gasteiger partial charge is 0.397 e. The van der Waals surface area contributed by atoms with Gasteiger partial charge >= 0.3 is 0 Å². The van der Waals surface area contributed by atoms with Crippen molar-refractivity contribution >= 4 is 22.9 Å². The van der Waals surface area contributed by atoms with E-state index in [1.54, 1.807) is 6.07 Å². The highest BCUT2D eigenvalue weighted by atomic mass is 32.1. The Bertz CT molecular complexity index is 548. The summed E-state index contributed by atoms with van der Waals surface area (Å²) in [5.41, 5.74) is 7.43. The lowest BCUT2D eigenvalue weighted by Gasteiger charge is -2.22. The van der Waals surface area contributed by atoms with E-state index in [0.717, 1.165) is 5.56 Å². The van der Waals surface area contributed by atoms with E-state index in [1.807, 2.05) is 35.7 Å². The summed E-state index contributed by atoms with van der Waals surface area (Å²) < 4.78 is 0. The maximum Gasteiger partial charge on any atom is 0.263 e. The van der Waals surface area contributed by atoms with E-state index in [0.29, 0.717) is 16.5 Å². The van der Waals surface area contributed by atoms with Crippen molar-refractivity contribution < 1.29 is 4.79 Å². The number of nitrogens with two attached hydrogens (primary N) is 1. The van der Waals surface area contributed by atoms with E-state index in [2.05, 4.69) is 19.2 Å². The van der Waals surface area contributed by atoms with Crippen LogP contribution < -0.4 is 11.1 Å². The van der Waals surface area contributed by atoms with Crippen LogP contribution in [-0.4, -0.2) is 5.91 Å². The van der Waals surface area contributed by atoms with Crippen molar-refractivity contribution in [2.45, 2.75) is 19.9 Å². The van der Waals surface area contributed by atoms with Gasteiger partial charge in [-0.25, -0.2) is 0 Å². The van der Waals surface area contributed by atoms with E-state index in [-0.39, 0.29) is 11.9 Å². The first-order valence-corrected chi connectivity index (χ1v) is 7.16. The zero-order chi connectivity index (χ0) is 13.8. The van der Waals surface area contributed by atoms with Crippen LogP contribution in [0.2, 0.25) is 0 Å². The first-order chi connectivity index (χ1) is 9.09. The Labute approximate surface area is 117 Å². The number of thiophene rings is 1. The predicted molar refractivity (Wildman–Crippen MR) is 80.2 cm³/mol. The molecule has 0 saturated carbocycles. The second-order valence-corrected chi connectivity index (χ2v) is 5.73. The van der Waals surface area contributed by atoms with Crippen LogP contribution in [0.5, 0.6) is 0 Å². The van der Waals surface area contributed by atoms with E-state index in [4.69, 9.17) is 5.73 Å². The number of rotatable bonds is 4. The van der Waals surface area contributed by atoms with Crippen LogP contribution in [0.15, 0.2) is 41.8 Å². The molecule has 1 aromatic carbocycles. The van der Waals surface area contributed by atoms with E-state index >= 15 is 0 Å². The van der Waals surface area contributed by atoms with Gasteiger partial charge in [-0.05, 0) is 22.9 Å². The summed E-state index contributed by atoms with van der Waals surface area (Å²) in [6.45, 7) is 4.19. The molecule has 0 radical (unpaired) electrons. The Balaban J connectivity index is 2.19. The lowest BCUT2D eigenvalue weighted by molar-refractivity contribution is 0.0930. The van der Waals surface area contributed by atoms with Crippen LogP contribution in [-0.2, 0) is 0 Å². The van der Waals surface area contributed by atoms with Crippen molar-refractivity contribution in [1.82, 2.24) is 5.32 Å². The highest BCUT2D eigenvalue weighted by molar-refractivity contribution is 7.12. The normalized spacial score (nSPS) is 12.4. The first kappa shape index (κ1) is 13.6. The van der Waals surface area contributed by atoms with Gasteiger partial charge < -0.3 is 11.1 Å².